The molecular formula is C22H26FN3O3. The van der Waals surface area contributed by atoms with Crippen LogP contribution in [0.15, 0.2) is 48.5 Å². The van der Waals surface area contributed by atoms with Crippen LogP contribution in [0.4, 0.5) is 4.39 Å². The summed E-state index contributed by atoms with van der Waals surface area (Å²) in [4.78, 5) is 28.9. The second-order valence-electron chi connectivity index (χ2n) is 7.13. The Morgan fingerprint density at radius 3 is 2.41 bits per heavy atom. The minimum absolute atomic E-state index is 0.0931. The molecule has 1 unspecified atom stereocenters. The Bertz CT molecular complexity index is 852. The molecule has 1 saturated heterocycles. The molecule has 1 atom stereocenters. The zero-order chi connectivity index (χ0) is 20.8. The third-order valence-corrected chi connectivity index (χ3v) is 5.06. The molecule has 0 bridgehead atoms. The van der Waals surface area contributed by atoms with Crippen molar-refractivity contribution in [2.24, 2.45) is 0 Å². The quantitative estimate of drug-likeness (QED) is 0.810. The largest absolute Gasteiger partial charge is 0.494 e. The van der Waals surface area contributed by atoms with Crippen molar-refractivity contribution < 1.29 is 18.7 Å². The third kappa shape index (κ3) is 5.32. The van der Waals surface area contributed by atoms with Crippen LogP contribution in [-0.2, 0) is 11.3 Å². The molecule has 2 amide bonds. The maximum Gasteiger partial charge on any atom is 0.251 e. The van der Waals surface area contributed by atoms with Gasteiger partial charge in [-0.15, -0.1) is 0 Å². The molecule has 1 N–H and O–H groups in total. The number of ether oxygens (including phenoxy) is 1. The fourth-order valence-electron chi connectivity index (χ4n) is 3.40. The highest BCUT2D eigenvalue weighted by Gasteiger charge is 2.26. The van der Waals surface area contributed by atoms with Crippen LogP contribution in [0.5, 0.6) is 5.75 Å². The van der Waals surface area contributed by atoms with Gasteiger partial charge >= 0.3 is 0 Å². The van der Waals surface area contributed by atoms with Crippen molar-refractivity contribution in [3.05, 3.63) is 65.5 Å². The minimum atomic E-state index is -0.593. The van der Waals surface area contributed by atoms with Gasteiger partial charge in [0.2, 0.25) is 5.91 Å². The number of piperazine rings is 1. The summed E-state index contributed by atoms with van der Waals surface area (Å²) in [7, 11) is 1.44. The van der Waals surface area contributed by atoms with Gasteiger partial charge in [0.25, 0.3) is 5.91 Å². The smallest absolute Gasteiger partial charge is 0.251 e. The molecule has 29 heavy (non-hydrogen) atoms. The molecule has 1 heterocycles. The lowest BCUT2D eigenvalue weighted by Gasteiger charge is -2.36. The number of nitrogens with one attached hydrogen (secondary N) is 1. The summed E-state index contributed by atoms with van der Waals surface area (Å²) in [6.07, 6.45) is 0. The molecule has 1 aliphatic rings. The van der Waals surface area contributed by atoms with Gasteiger partial charge in [0.15, 0.2) is 11.6 Å². The SMILES string of the molecule is COc1ccc(CN2CCN(C(=O)C(C)NC(=O)c3ccccc3)CC2)cc1F. The highest BCUT2D eigenvalue weighted by atomic mass is 19.1. The van der Waals surface area contributed by atoms with E-state index in [-0.39, 0.29) is 23.4 Å². The summed E-state index contributed by atoms with van der Waals surface area (Å²) in [5.74, 6) is -0.492. The van der Waals surface area contributed by atoms with E-state index in [1.807, 2.05) is 12.1 Å². The predicted octanol–water partition coefficient (Wildman–Crippen LogP) is 2.30. The van der Waals surface area contributed by atoms with E-state index >= 15 is 0 Å². The molecular weight excluding hydrogens is 373 g/mol. The number of amides is 2. The van der Waals surface area contributed by atoms with Crippen molar-refractivity contribution in [1.29, 1.82) is 0 Å². The molecule has 154 valence electrons. The zero-order valence-corrected chi connectivity index (χ0v) is 16.7. The first-order valence-electron chi connectivity index (χ1n) is 9.67. The van der Waals surface area contributed by atoms with E-state index in [4.69, 9.17) is 4.74 Å². The lowest BCUT2D eigenvalue weighted by molar-refractivity contribution is -0.134. The van der Waals surface area contributed by atoms with Gasteiger partial charge in [-0.2, -0.15) is 0 Å². The minimum Gasteiger partial charge on any atom is -0.494 e. The molecule has 3 rings (SSSR count). The highest BCUT2D eigenvalue weighted by Crippen LogP contribution is 2.19. The van der Waals surface area contributed by atoms with E-state index in [1.54, 1.807) is 42.2 Å². The Morgan fingerprint density at radius 2 is 1.79 bits per heavy atom. The maximum absolute atomic E-state index is 13.9. The van der Waals surface area contributed by atoms with Crippen LogP contribution in [0.3, 0.4) is 0 Å². The molecule has 0 radical (unpaired) electrons. The van der Waals surface area contributed by atoms with Crippen molar-refractivity contribution in [1.82, 2.24) is 15.1 Å². The fourth-order valence-corrected chi connectivity index (χ4v) is 3.40. The number of methoxy groups -OCH3 is 1. The fraction of sp³-hybridized carbons (Fsp3) is 0.364. The standard InChI is InChI=1S/C22H26FN3O3/c1-16(24-21(27)18-6-4-3-5-7-18)22(28)26-12-10-25(11-13-26)15-17-8-9-20(29-2)19(23)14-17/h3-9,14,16H,10-13,15H2,1-2H3,(H,24,27). The zero-order valence-electron chi connectivity index (χ0n) is 16.7. The summed E-state index contributed by atoms with van der Waals surface area (Å²) >= 11 is 0. The van der Waals surface area contributed by atoms with Crippen molar-refractivity contribution in [2.75, 3.05) is 33.3 Å². The maximum atomic E-state index is 13.9. The first kappa shape index (κ1) is 20.8. The van der Waals surface area contributed by atoms with E-state index in [0.717, 1.165) is 5.56 Å². The molecule has 7 heteroatoms. The van der Waals surface area contributed by atoms with Crippen LogP contribution < -0.4 is 10.1 Å². The Hall–Kier alpha value is -2.93. The van der Waals surface area contributed by atoms with Crippen molar-refractivity contribution >= 4 is 11.8 Å². The number of hydrogen-bond donors (Lipinski definition) is 1. The third-order valence-electron chi connectivity index (χ3n) is 5.06. The molecule has 1 aliphatic heterocycles. The van der Waals surface area contributed by atoms with E-state index in [2.05, 4.69) is 10.2 Å². The first-order valence-corrected chi connectivity index (χ1v) is 9.67. The second-order valence-corrected chi connectivity index (χ2v) is 7.13. The average Bonchev–Trinajstić information content (AvgIpc) is 2.74. The van der Waals surface area contributed by atoms with Gasteiger partial charge in [0.1, 0.15) is 6.04 Å². The van der Waals surface area contributed by atoms with Gasteiger partial charge in [0.05, 0.1) is 7.11 Å². The number of hydrogen-bond acceptors (Lipinski definition) is 4. The van der Waals surface area contributed by atoms with Crippen LogP contribution in [-0.4, -0.2) is 60.9 Å². The number of rotatable bonds is 6. The van der Waals surface area contributed by atoms with Gasteiger partial charge in [-0.1, -0.05) is 24.3 Å². The van der Waals surface area contributed by atoms with E-state index < -0.39 is 6.04 Å². The van der Waals surface area contributed by atoms with Crippen LogP contribution in [0.25, 0.3) is 0 Å². The Balaban J connectivity index is 1.48. The second kappa shape index (κ2) is 9.52. The first-order chi connectivity index (χ1) is 14.0. The summed E-state index contributed by atoms with van der Waals surface area (Å²) in [5, 5.41) is 2.76. The molecule has 0 spiro atoms. The summed E-state index contributed by atoms with van der Waals surface area (Å²) in [6.45, 7) is 4.85. The van der Waals surface area contributed by atoms with E-state index in [9.17, 15) is 14.0 Å². The molecule has 1 fully saturated rings. The number of benzene rings is 2. The van der Waals surface area contributed by atoms with E-state index in [1.165, 1.54) is 13.2 Å². The van der Waals surface area contributed by atoms with E-state index in [0.29, 0.717) is 38.3 Å². The Morgan fingerprint density at radius 1 is 1.10 bits per heavy atom. The van der Waals surface area contributed by atoms with Gasteiger partial charge in [-0.25, -0.2) is 4.39 Å². The lowest BCUT2D eigenvalue weighted by atomic mass is 10.1. The molecule has 0 aromatic heterocycles. The van der Waals surface area contributed by atoms with Crippen molar-refractivity contribution in [2.45, 2.75) is 19.5 Å². The average molecular weight is 399 g/mol. The van der Waals surface area contributed by atoms with Gasteiger partial charge in [0, 0.05) is 38.3 Å². The summed E-state index contributed by atoms with van der Waals surface area (Å²) in [5.41, 5.74) is 1.40. The summed E-state index contributed by atoms with van der Waals surface area (Å²) in [6, 6.07) is 13.2. The summed E-state index contributed by atoms with van der Waals surface area (Å²) < 4.78 is 18.8. The molecule has 2 aromatic rings. The number of nitrogens with zero attached hydrogens (tertiary/aromatic N) is 2. The van der Waals surface area contributed by atoms with Gasteiger partial charge < -0.3 is 15.0 Å². The van der Waals surface area contributed by atoms with Crippen LogP contribution in [0.2, 0.25) is 0 Å². The molecule has 0 saturated carbocycles. The van der Waals surface area contributed by atoms with Gasteiger partial charge in [-0.3, -0.25) is 14.5 Å². The number of carbonyl (C=O) groups is 2. The number of halogens is 1. The van der Waals surface area contributed by atoms with Crippen LogP contribution >= 0.6 is 0 Å². The predicted molar refractivity (Wildman–Crippen MR) is 108 cm³/mol. The number of carbonyl (C=O) groups excluding carboxylic acids is 2. The Kier molecular flexibility index (Phi) is 6.82. The topological polar surface area (TPSA) is 61.9 Å². The molecule has 2 aromatic carbocycles. The Labute approximate surface area is 170 Å². The monoisotopic (exact) mass is 399 g/mol. The van der Waals surface area contributed by atoms with Crippen molar-refractivity contribution in [3.63, 3.8) is 0 Å². The highest BCUT2D eigenvalue weighted by molar-refractivity contribution is 5.97. The van der Waals surface area contributed by atoms with Crippen LogP contribution in [0, 0.1) is 5.82 Å². The van der Waals surface area contributed by atoms with Crippen molar-refractivity contribution in [3.8, 4) is 5.75 Å². The normalized spacial score (nSPS) is 15.6. The molecule has 6 nitrogen and oxygen atoms in total. The van der Waals surface area contributed by atoms with Crippen LogP contribution in [0.1, 0.15) is 22.8 Å². The van der Waals surface area contributed by atoms with Gasteiger partial charge in [-0.05, 0) is 36.8 Å². The molecule has 0 aliphatic carbocycles. The lowest BCUT2D eigenvalue weighted by Crippen LogP contribution is -2.53.